The lowest BCUT2D eigenvalue weighted by Crippen LogP contribution is -2.03. The van der Waals surface area contributed by atoms with E-state index in [1.165, 1.54) is 6.07 Å². The molecule has 2 N–H and O–H groups in total. The van der Waals surface area contributed by atoms with Gasteiger partial charge in [0.1, 0.15) is 0 Å². The Morgan fingerprint density at radius 2 is 1.75 bits per heavy atom. The number of halogens is 3. The Bertz CT molecular complexity index is 686. The Balaban J connectivity index is 2.45. The highest BCUT2D eigenvalue weighted by atomic mass is 35.5. The van der Waals surface area contributed by atoms with E-state index < -0.39 is 5.97 Å². The number of nitrogens with one attached hydrogen (secondary N) is 1. The molecule has 0 heterocycles. The highest BCUT2D eigenvalue weighted by Crippen LogP contribution is 2.32. The lowest BCUT2D eigenvalue weighted by Gasteiger charge is -2.12. The standard InChI is InChI=1S/C14H10Cl3NO2/c1-7-4-11(17)13(6-10(7)16)18-12-3-2-8(15)5-9(12)14(19)20/h2-6,18H,1H3,(H,19,20). The minimum atomic E-state index is -1.08. The first-order valence-electron chi connectivity index (χ1n) is 5.64. The molecule has 0 aromatic heterocycles. The van der Waals surface area contributed by atoms with Gasteiger partial charge in [0.05, 0.1) is 22.0 Å². The molecule has 104 valence electrons. The third kappa shape index (κ3) is 3.18. The number of aromatic carboxylic acids is 1. The van der Waals surface area contributed by atoms with Crippen LogP contribution in [0.3, 0.4) is 0 Å². The third-order valence-corrected chi connectivity index (χ3v) is 3.68. The van der Waals surface area contributed by atoms with Gasteiger partial charge in [-0.2, -0.15) is 0 Å². The van der Waals surface area contributed by atoms with Crippen LogP contribution >= 0.6 is 34.8 Å². The van der Waals surface area contributed by atoms with Gasteiger partial charge in [0.15, 0.2) is 0 Å². The zero-order valence-electron chi connectivity index (χ0n) is 10.4. The lowest BCUT2D eigenvalue weighted by molar-refractivity contribution is 0.0698. The number of hydrogen-bond donors (Lipinski definition) is 2. The van der Waals surface area contributed by atoms with E-state index in [4.69, 9.17) is 34.8 Å². The number of aryl methyl sites for hydroxylation is 1. The van der Waals surface area contributed by atoms with Gasteiger partial charge in [0, 0.05) is 10.0 Å². The fourth-order valence-corrected chi connectivity index (χ4v) is 2.29. The summed E-state index contributed by atoms with van der Waals surface area (Å²) in [5.74, 6) is -1.08. The van der Waals surface area contributed by atoms with Crippen LogP contribution in [-0.4, -0.2) is 11.1 Å². The Morgan fingerprint density at radius 3 is 2.40 bits per heavy atom. The molecule has 0 fully saturated rings. The zero-order chi connectivity index (χ0) is 14.9. The lowest BCUT2D eigenvalue weighted by atomic mass is 10.1. The Morgan fingerprint density at radius 1 is 1.05 bits per heavy atom. The van der Waals surface area contributed by atoms with E-state index in [-0.39, 0.29) is 5.56 Å². The third-order valence-electron chi connectivity index (χ3n) is 2.73. The highest BCUT2D eigenvalue weighted by Gasteiger charge is 2.13. The fourth-order valence-electron chi connectivity index (χ4n) is 1.69. The van der Waals surface area contributed by atoms with E-state index in [0.29, 0.717) is 26.4 Å². The van der Waals surface area contributed by atoms with Gasteiger partial charge in [-0.15, -0.1) is 0 Å². The zero-order valence-corrected chi connectivity index (χ0v) is 12.6. The summed E-state index contributed by atoms with van der Waals surface area (Å²) < 4.78 is 0. The molecule has 0 aliphatic rings. The minimum Gasteiger partial charge on any atom is -0.478 e. The van der Waals surface area contributed by atoms with Gasteiger partial charge in [-0.1, -0.05) is 34.8 Å². The van der Waals surface area contributed by atoms with Crippen LogP contribution in [0.5, 0.6) is 0 Å². The first-order valence-corrected chi connectivity index (χ1v) is 6.77. The average molecular weight is 331 g/mol. The molecule has 0 aliphatic carbocycles. The van der Waals surface area contributed by atoms with Crippen LogP contribution in [0.15, 0.2) is 30.3 Å². The van der Waals surface area contributed by atoms with Gasteiger partial charge in [0.2, 0.25) is 0 Å². The van der Waals surface area contributed by atoms with Gasteiger partial charge in [-0.3, -0.25) is 0 Å². The highest BCUT2D eigenvalue weighted by molar-refractivity contribution is 6.36. The molecule has 2 aromatic carbocycles. The van der Waals surface area contributed by atoms with E-state index in [9.17, 15) is 9.90 Å². The van der Waals surface area contributed by atoms with E-state index >= 15 is 0 Å². The summed E-state index contributed by atoms with van der Waals surface area (Å²) in [6, 6.07) is 7.91. The number of benzene rings is 2. The van der Waals surface area contributed by atoms with Crippen LogP contribution in [0.4, 0.5) is 11.4 Å². The smallest absolute Gasteiger partial charge is 0.337 e. The fraction of sp³-hybridized carbons (Fsp3) is 0.0714. The SMILES string of the molecule is Cc1cc(Cl)c(Nc2ccc(Cl)cc2C(=O)O)cc1Cl. The molecule has 20 heavy (non-hydrogen) atoms. The van der Waals surface area contributed by atoms with Gasteiger partial charge in [-0.25, -0.2) is 4.79 Å². The molecule has 0 spiro atoms. The van der Waals surface area contributed by atoms with Crippen molar-refractivity contribution in [3.8, 4) is 0 Å². The Kier molecular flexibility index (Phi) is 4.43. The van der Waals surface area contributed by atoms with Crippen molar-refractivity contribution in [3.05, 3.63) is 56.5 Å². The maximum absolute atomic E-state index is 11.2. The second-order valence-corrected chi connectivity index (χ2v) is 5.45. The molecule has 2 aromatic rings. The number of anilines is 2. The maximum Gasteiger partial charge on any atom is 0.337 e. The maximum atomic E-state index is 11.2. The van der Waals surface area contributed by atoms with Crippen molar-refractivity contribution in [2.45, 2.75) is 6.92 Å². The summed E-state index contributed by atoms with van der Waals surface area (Å²) in [5.41, 5.74) is 1.83. The summed E-state index contributed by atoms with van der Waals surface area (Å²) in [5, 5.41) is 13.5. The van der Waals surface area contributed by atoms with Crippen LogP contribution < -0.4 is 5.32 Å². The molecule has 0 bridgehead atoms. The molecule has 0 saturated carbocycles. The second-order valence-electron chi connectivity index (χ2n) is 4.20. The quantitative estimate of drug-likeness (QED) is 0.792. The molecular formula is C14H10Cl3NO2. The van der Waals surface area contributed by atoms with Crippen molar-refractivity contribution in [2.75, 3.05) is 5.32 Å². The summed E-state index contributed by atoms with van der Waals surface area (Å²) in [6.07, 6.45) is 0. The molecule has 0 saturated heterocycles. The number of carboxylic acid groups (broad SMARTS) is 1. The van der Waals surface area contributed by atoms with Gasteiger partial charge in [0.25, 0.3) is 0 Å². The van der Waals surface area contributed by atoms with Crippen LogP contribution in [-0.2, 0) is 0 Å². The topological polar surface area (TPSA) is 49.3 Å². The van der Waals surface area contributed by atoms with Crippen molar-refractivity contribution < 1.29 is 9.90 Å². The Hall–Kier alpha value is -1.42. The summed E-state index contributed by atoms with van der Waals surface area (Å²) in [4.78, 5) is 11.2. The number of carboxylic acids is 1. The van der Waals surface area contributed by atoms with Crippen molar-refractivity contribution in [2.24, 2.45) is 0 Å². The molecule has 0 amide bonds. The van der Waals surface area contributed by atoms with Gasteiger partial charge >= 0.3 is 5.97 Å². The second kappa shape index (κ2) is 5.92. The molecule has 2 rings (SSSR count). The monoisotopic (exact) mass is 329 g/mol. The predicted molar refractivity (Wildman–Crippen MR) is 82.9 cm³/mol. The number of hydrogen-bond acceptors (Lipinski definition) is 2. The van der Waals surface area contributed by atoms with E-state index in [1.807, 2.05) is 6.92 Å². The first-order chi connectivity index (χ1) is 9.38. The average Bonchev–Trinajstić information content (AvgIpc) is 2.37. The van der Waals surface area contributed by atoms with E-state index in [1.54, 1.807) is 24.3 Å². The molecule has 3 nitrogen and oxygen atoms in total. The van der Waals surface area contributed by atoms with Gasteiger partial charge < -0.3 is 10.4 Å². The van der Waals surface area contributed by atoms with Crippen molar-refractivity contribution in [1.82, 2.24) is 0 Å². The van der Waals surface area contributed by atoms with Crippen LogP contribution in [0.1, 0.15) is 15.9 Å². The molecule has 0 aliphatic heterocycles. The molecule has 0 unspecified atom stereocenters. The van der Waals surface area contributed by atoms with Crippen LogP contribution in [0.2, 0.25) is 15.1 Å². The van der Waals surface area contributed by atoms with Crippen LogP contribution in [0, 0.1) is 6.92 Å². The molecular weight excluding hydrogens is 321 g/mol. The van der Waals surface area contributed by atoms with Crippen LogP contribution in [0.25, 0.3) is 0 Å². The minimum absolute atomic E-state index is 0.0604. The van der Waals surface area contributed by atoms with Gasteiger partial charge in [-0.05, 0) is 42.8 Å². The normalized spacial score (nSPS) is 10.4. The molecule has 0 atom stereocenters. The number of rotatable bonds is 3. The summed E-state index contributed by atoms with van der Waals surface area (Å²) in [7, 11) is 0. The number of carbonyl (C=O) groups is 1. The molecule has 0 radical (unpaired) electrons. The van der Waals surface area contributed by atoms with Crippen molar-refractivity contribution in [3.63, 3.8) is 0 Å². The summed E-state index contributed by atoms with van der Waals surface area (Å²) in [6.45, 7) is 1.84. The predicted octanol–water partition coefficient (Wildman–Crippen LogP) is 5.40. The Labute approximate surface area is 131 Å². The van der Waals surface area contributed by atoms with E-state index in [0.717, 1.165) is 5.56 Å². The first kappa shape index (κ1) is 15.0. The molecule has 6 heteroatoms. The van der Waals surface area contributed by atoms with E-state index in [2.05, 4.69) is 5.32 Å². The van der Waals surface area contributed by atoms with Crippen molar-refractivity contribution >= 4 is 52.1 Å². The van der Waals surface area contributed by atoms with Crippen molar-refractivity contribution in [1.29, 1.82) is 0 Å². The summed E-state index contributed by atoms with van der Waals surface area (Å²) >= 11 is 18.0. The largest absolute Gasteiger partial charge is 0.478 e.